The van der Waals surface area contributed by atoms with Crippen LogP contribution in [0.3, 0.4) is 0 Å². The number of Topliss-reactive ketones (excluding diaryl/α,β-unsaturated/α-hetero) is 1. The fourth-order valence-corrected chi connectivity index (χ4v) is 13.9. The van der Waals surface area contributed by atoms with Crippen LogP contribution in [0, 0.1) is 22.7 Å². The van der Waals surface area contributed by atoms with E-state index in [0.717, 1.165) is 35.1 Å². The number of alkyl halides is 2. The maximum Gasteiger partial charge on any atom is 0.305 e. The smallest absolute Gasteiger partial charge is 0.305 e. The standard InChI is InChI=1S/C53H66F2N4O12S2/c1-7-8-9-28(2)72-40(25-45(65)66)48(69)56-21-19-44(64)57-29(3)46(67)58-30(4)47(68)59-32-12-16-35(17-13-32)73-34-14-10-31(11-15-34)49-70-43-24-36-37-23-39(54)38-22-33(61)18-20-50(38,5)52(37,55)41(62)26-51(36,6)53(43,71-49)42(63)27-60/h10-18,20,22,28-30,36-37,39-41,43,49,60,62H,7-9,19,21,23-27H2,1-6H3,(H,56,69)(H,57,64)(H,58,67)(H,59,68)(H,65,66)/t28?,29-,30-,36?,37-,39-,40?,41-,43+,49+,50-,51-,52-,53+/m0/s1. The number of hydrogen-bond donors (Lipinski definition) is 7. The predicted molar refractivity (Wildman–Crippen MR) is 269 cm³/mol. The van der Waals surface area contributed by atoms with Crippen molar-refractivity contribution in [3.63, 3.8) is 0 Å². The number of aliphatic carboxylic acids is 1. The number of nitrogens with one attached hydrogen (secondary N) is 4. The van der Waals surface area contributed by atoms with Gasteiger partial charge in [-0.15, -0.1) is 11.8 Å². The van der Waals surface area contributed by atoms with Crippen molar-refractivity contribution in [3.05, 3.63) is 77.9 Å². The van der Waals surface area contributed by atoms with Crippen LogP contribution in [0.4, 0.5) is 14.5 Å². The number of fused-ring (bicyclic) bond motifs is 7. The second kappa shape index (κ2) is 22.5. The molecular weight excluding hydrogens is 987 g/mol. The van der Waals surface area contributed by atoms with Gasteiger partial charge in [0.05, 0.1) is 23.9 Å². The molecule has 14 atom stereocenters. The number of allylic oxidation sites excluding steroid dienone is 4. The van der Waals surface area contributed by atoms with Crippen molar-refractivity contribution in [2.75, 3.05) is 18.5 Å². The van der Waals surface area contributed by atoms with Gasteiger partial charge in [0.1, 0.15) is 24.9 Å². The molecule has 4 aliphatic carbocycles. The third-order valence-electron chi connectivity index (χ3n) is 15.6. The Bertz CT molecular complexity index is 2520. The second-order valence-electron chi connectivity index (χ2n) is 20.4. The van der Waals surface area contributed by atoms with Crippen molar-refractivity contribution in [1.82, 2.24) is 16.0 Å². The van der Waals surface area contributed by atoms with Crippen LogP contribution in [0.15, 0.2) is 82.1 Å². The largest absolute Gasteiger partial charge is 0.481 e. The molecule has 4 fully saturated rings. The number of ketones is 2. The normalized spacial score (nSPS) is 31.5. The molecular formula is C53H66F2N4O12S2. The van der Waals surface area contributed by atoms with Gasteiger partial charge in [0.25, 0.3) is 0 Å². The van der Waals surface area contributed by atoms with Crippen LogP contribution in [-0.4, -0.2) is 122 Å². The van der Waals surface area contributed by atoms with Gasteiger partial charge >= 0.3 is 5.97 Å². The van der Waals surface area contributed by atoms with E-state index in [-0.39, 0.29) is 49.5 Å². The summed E-state index contributed by atoms with van der Waals surface area (Å²) < 4.78 is 46.8. The Balaban J connectivity index is 0.891. The van der Waals surface area contributed by atoms with Gasteiger partial charge in [-0.1, -0.05) is 63.6 Å². The molecule has 0 bridgehead atoms. The molecule has 3 saturated carbocycles. The first-order chi connectivity index (χ1) is 34.5. The van der Waals surface area contributed by atoms with Crippen LogP contribution in [0.2, 0.25) is 0 Å². The summed E-state index contributed by atoms with van der Waals surface area (Å²) >= 11 is 2.72. The molecule has 1 heterocycles. The second-order valence-corrected chi connectivity index (χ2v) is 23.2. The number of anilines is 1. The van der Waals surface area contributed by atoms with Gasteiger partial charge in [0.2, 0.25) is 23.6 Å². The van der Waals surface area contributed by atoms with Crippen molar-refractivity contribution in [2.45, 2.75) is 161 Å². The Labute approximate surface area is 432 Å². The molecule has 0 spiro atoms. The van der Waals surface area contributed by atoms with Gasteiger partial charge in [-0.25, -0.2) is 8.78 Å². The molecule has 73 heavy (non-hydrogen) atoms. The summed E-state index contributed by atoms with van der Waals surface area (Å²) in [7, 11) is 0. The average molecular weight is 1050 g/mol. The van der Waals surface area contributed by atoms with E-state index in [0.29, 0.717) is 11.3 Å². The monoisotopic (exact) mass is 1050 g/mol. The van der Waals surface area contributed by atoms with Crippen LogP contribution in [-0.2, 0) is 43.0 Å². The minimum atomic E-state index is -2.36. The summed E-state index contributed by atoms with van der Waals surface area (Å²) in [6.45, 7) is 9.25. The van der Waals surface area contributed by atoms with Crippen molar-refractivity contribution in [2.24, 2.45) is 22.7 Å². The number of carboxylic acid groups (broad SMARTS) is 1. The van der Waals surface area contributed by atoms with E-state index < -0.39 is 124 Å². The van der Waals surface area contributed by atoms with Gasteiger partial charge in [-0.3, -0.25) is 33.6 Å². The van der Waals surface area contributed by atoms with Crippen LogP contribution in [0.25, 0.3) is 0 Å². The molecule has 1 saturated heterocycles. The van der Waals surface area contributed by atoms with E-state index in [1.54, 1.807) is 43.3 Å². The Morgan fingerprint density at radius 1 is 0.904 bits per heavy atom. The molecule has 20 heteroatoms. The zero-order valence-corrected chi connectivity index (χ0v) is 43.4. The predicted octanol–water partition coefficient (Wildman–Crippen LogP) is 6.09. The number of unbranched alkanes of at least 4 members (excludes halogenated alkanes) is 1. The topological polar surface area (TPSA) is 247 Å². The van der Waals surface area contributed by atoms with Gasteiger partial charge in [0.15, 0.2) is 29.1 Å². The molecule has 2 aromatic carbocycles. The molecule has 396 valence electrons. The van der Waals surface area contributed by atoms with E-state index in [4.69, 9.17) is 9.47 Å². The van der Waals surface area contributed by atoms with Crippen LogP contribution < -0.4 is 21.3 Å². The Morgan fingerprint density at radius 3 is 2.21 bits per heavy atom. The lowest BCUT2D eigenvalue weighted by Gasteiger charge is -2.63. The first-order valence-corrected chi connectivity index (χ1v) is 26.6. The highest BCUT2D eigenvalue weighted by Gasteiger charge is 2.80. The van der Waals surface area contributed by atoms with Crippen molar-refractivity contribution in [1.29, 1.82) is 0 Å². The first-order valence-electron chi connectivity index (χ1n) is 24.9. The summed E-state index contributed by atoms with van der Waals surface area (Å²) in [6.07, 6.45) is 0.272. The molecule has 2 aromatic rings. The maximum atomic E-state index is 17.8. The number of aliphatic hydroxyl groups is 2. The highest BCUT2D eigenvalue weighted by atomic mass is 32.2. The Morgan fingerprint density at radius 2 is 1.56 bits per heavy atom. The number of carbonyl (C=O) groups excluding carboxylic acids is 6. The van der Waals surface area contributed by atoms with Gasteiger partial charge < -0.3 is 46.1 Å². The molecule has 4 amide bonds. The molecule has 0 radical (unpaired) electrons. The maximum absolute atomic E-state index is 17.8. The Hall–Kier alpha value is -4.99. The van der Waals surface area contributed by atoms with E-state index in [1.165, 1.54) is 56.4 Å². The van der Waals surface area contributed by atoms with E-state index in [1.807, 2.05) is 19.1 Å². The number of amides is 4. The van der Waals surface area contributed by atoms with Gasteiger partial charge in [0, 0.05) is 56.0 Å². The first kappa shape index (κ1) is 55.8. The lowest BCUT2D eigenvalue weighted by atomic mass is 9.44. The van der Waals surface area contributed by atoms with Crippen molar-refractivity contribution < 1.29 is 67.1 Å². The summed E-state index contributed by atoms with van der Waals surface area (Å²) in [5, 5.41) is 41.2. The molecule has 5 aliphatic rings. The molecule has 7 rings (SSSR count). The van der Waals surface area contributed by atoms with Crippen LogP contribution >= 0.6 is 23.5 Å². The SMILES string of the molecule is CCCCC(C)SC(CC(=O)O)C(=O)NCCC(=O)N[C@@H](C)C(=O)N[C@@H](C)C(=O)Nc1ccc(Sc2ccc([C@@H]3O[C@@H]4CC5[C@@H]6C[C@H](F)C7=CC(=O)C=C[C@]7(C)[C@@]6(F)[C@@H](O)C[C@]5(C)[C@]4(C(=O)CO)O3)cc2)cc1. The number of benzene rings is 2. The number of rotatable bonds is 21. The van der Waals surface area contributed by atoms with Gasteiger partial charge in [-0.2, -0.15) is 0 Å². The fourth-order valence-electron chi connectivity index (χ4n) is 11.8. The minimum absolute atomic E-state index is 0.00314. The van der Waals surface area contributed by atoms with Crippen LogP contribution in [0.1, 0.15) is 105 Å². The number of aliphatic hydroxyl groups excluding tert-OH is 2. The third kappa shape index (κ3) is 10.9. The minimum Gasteiger partial charge on any atom is -0.481 e. The van der Waals surface area contributed by atoms with Gasteiger partial charge in [-0.05, 0) is 106 Å². The van der Waals surface area contributed by atoms with E-state index in [9.17, 15) is 48.9 Å². The average Bonchev–Trinajstić information content (AvgIpc) is 3.85. The zero-order chi connectivity index (χ0) is 53.2. The summed E-state index contributed by atoms with van der Waals surface area (Å²) in [5.41, 5.74) is -5.94. The lowest BCUT2D eigenvalue weighted by Crippen LogP contribution is -2.70. The molecule has 0 aromatic heterocycles. The number of ether oxygens (including phenoxy) is 2. The number of halogens is 2. The number of carboxylic acids is 1. The molecule has 1 aliphatic heterocycles. The van der Waals surface area contributed by atoms with Crippen molar-refractivity contribution in [3.8, 4) is 0 Å². The van der Waals surface area contributed by atoms with E-state index in [2.05, 4.69) is 28.2 Å². The van der Waals surface area contributed by atoms with Crippen molar-refractivity contribution >= 4 is 70.4 Å². The molecule has 3 unspecified atom stereocenters. The number of carbonyl (C=O) groups is 7. The molecule has 7 N–H and O–H groups in total. The summed E-state index contributed by atoms with van der Waals surface area (Å²) in [6, 6.07) is 12.2. The quantitative estimate of drug-likeness (QED) is 0.0749. The fraction of sp³-hybridized carbons (Fsp3) is 0.566. The summed E-state index contributed by atoms with van der Waals surface area (Å²) in [5.74, 6) is -6.05. The summed E-state index contributed by atoms with van der Waals surface area (Å²) in [4.78, 5) is 90.5. The van der Waals surface area contributed by atoms with Crippen LogP contribution in [0.5, 0.6) is 0 Å². The highest BCUT2D eigenvalue weighted by molar-refractivity contribution is 8.01. The third-order valence-corrected chi connectivity index (χ3v) is 18.0. The zero-order valence-electron chi connectivity index (χ0n) is 41.8. The highest BCUT2D eigenvalue weighted by Crippen LogP contribution is 2.72. The lowest BCUT2D eigenvalue weighted by molar-refractivity contribution is -0.235. The number of thioether (sulfide) groups is 1. The van der Waals surface area contributed by atoms with E-state index >= 15 is 8.78 Å². The number of hydrogen-bond acceptors (Lipinski definition) is 13. The Kier molecular flexibility index (Phi) is 17.2. The molecule has 16 nitrogen and oxygen atoms in total.